The SMILES string of the molecule is Cc1cccc(-c2ccc(S(=O)(=O)NC(c3cccnc3)C3CCOCC3)cc2)c1. The lowest BCUT2D eigenvalue weighted by Gasteiger charge is -2.31. The Kier molecular flexibility index (Phi) is 6.27. The zero-order valence-electron chi connectivity index (χ0n) is 17.0. The molecule has 1 atom stereocenters. The van der Waals surface area contributed by atoms with Crippen LogP contribution in [0.15, 0.2) is 78.0 Å². The lowest BCUT2D eigenvalue weighted by atomic mass is 9.88. The Bertz CT molecular complexity index is 1080. The third kappa shape index (κ3) is 4.78. The monoisotopic (exact) mass is 422 g/mol. The molecule has 2 aromatic carbocycles. The molecule has 0 aliphatic carbocycles. The van der Waals surface area contributed by atoms with Crippen LogP contribution < -0.4 is 4.72 Å². The van der Waals surface area contributed by atoms with Crippen LogP contribution in [-0.4, -0.2) is 26.6 Å². The summed E-state index contributed by atoms with van der Waals surface area (Å²) in [5.41, 5.74) is 4.11. The molecule has 1 fully saturated rings. The summed E-state index contributed by atoms with van der Waals surface area (Å²) in [6.45, 7) is 3.34. The van der Waals surface area contributed by atoms with Crippen LogP contribution in [0.1, 0.15) is 30.0 Å². The van der Waals surface area contributed by atoms with Crippen molar-refractivity contribution >= 4 is 10.0 Å². The fourth-order valence-corrected chi connectivity index (χ4v) is 5.23. The average molecular weight is 423 g/mol. The molecule has 1 saturated heterocycles. The fraction of sp³-hybridized carbons (Fsp3) is 0.292. The number of hydrogen-bond acceptors (Lipinski definition) is 4. The van der Waals surface area contributed by atoms with Crippen molar-refractivity contribution in [1.29, 1.82) is 0 Å². The van der Waals surface area contributed by atoms with Gasteiger partial charge in [0.15, 0.2) is 0 Å². The van der Waals surface area contributed by atoms with E-state index < -0.39 is 10.0 Å². The first kappa shape index (κ1) is 20.7. The molecule has 156 valence electrons. The summed E-state index contributed by atoms with van der Waals surface area (Å²) in [6, 6.07) is 18.7. The second kappa shape index (κ2) is 9.08. The minimum Gasteiger partial charge on any atom is -0.381 e. The van der Waals surface area contributed by atoms with Gasteiger partial charge in [0.1, 0.15) is 0 Å². The van der Waals surface area contributed by atoms with E-state index in [-0.39, 0.29) is 16.9 Å². The molecule has 1 aromatic heterocycles. The number of nitrogens with one attached hydrogen (secondary N) is 1. The highest BCUT2D eigenvalue weighted by Crippen LogP contribution is 2.31. The summed E-state index contributed by atoms with van der Waals surface area (Å²) in [5, 5.41) is 0. The molecular formula is C24H26N2O3S. The number of rotatable bonds is 6. The summed E-state index contributed by atoms with van der Waals surface area (Å²) in [4.78, 5) is 4.45. The maximum Gasteiger partial charge on any atom is 0.241 e. The minimum absolute atomic E-state index is 0.171. The van der Waals surface area contributed by atoms with Crippen molar-refractivity contribution in [2.24, 2.45) is 5.92 Å². The summed E-state index contributed by atoms with van der Waals surface area (Å²) >= 11 is 0. The van der Waals surface area contributed by atoms with Gasteiger partial charge in [-0.15, -0.1) is 0 Å². The molecule has 3 aromatic rings. The topological polar surface area (TPSA) is 68.3 Å². The lowest BCUT2D eigenvalue weighted by molar-refractivity contribution is 0.0564. The molecule has 1 unspecified atom stereocenters. The van der Waals surface area contributed by atoms with Crippen molar-refractivity contribution in [2.75, 3.05) is 13.2 Å². The highest BCUT2D eigenvalue weighted by Gasteiger charge is 2.30. The van der Waals surface area contributed by atoms with Gasteiger partial charge < -0.3 is 4.74 Å². The summed E-state index contributed by atoms with van der Waals surface area (Å²) in [7, 11) is -3.68. The van der Waals surface area contributed by atoms with Gasteiger partial charge in [-0.05, 0) is 60.6 Å². The smallest absolute Gasteiger partial charge is 0.241 e. The minimum atomic E-state index is -3.68. The van der Waals surface area contributed by atoms with E-state index in [0.717, 1.165) is 29.5 Å². The second-order valence-corrected chi connectivity index (χ2v) is 9.44. The first-order valence-corrected chi connectivity index (χ1v) is 11.7. The third-order valence-corrected chi connectivity index (χ3v) is 7.04. The van der Waals surface area contributed by atoms with Gasteiger partial charge in [-0.1, -0.05) is 48.0 Å². The van der Waals surface area contributed by atoms with E-state index in [9.17, 15) is 8.42 Å². The Morgan fingerprint density at radius 3 is 2.43 bits per heavy atom. The molecule has 2 heterocycles. The normalized spacial score (nSPS) is 16.3. The van der Waals surface area contributed by atoms with E-state index in [1.807, 2.05) is 49.4 Å². The highest BCUT2D eigenvalue weighted by atomic mass is 32.2. The molecule has 0 radical (unpaired) electrons. The van der Waals surface area contributed by atoms with Crippen molar-refractivity contribution in [3.05, 3.63) is 84.2 Å². The summed E-state index contributed by atoms with van der Waals surface area (Å²) in [6.07, 6.45) is 5.06. The van der Waals surface area contributed by atoms with Gasteiger partial charge in [0.25, 0.3) is 0 Å². The standard InChI is InChI=1S/C24H26N2O3S/c1-18-4-2-5-21(16-18)19-7-9-23(10-8-19)30(27,28)26-24(20-11-14-29-15-12-20)22-6-3-13-25-17-22/h2-10,13,16-17,20,24,26H,11-12,14-15H2,1H3. The maximum absolute atomic E-state index is 13.2. The lowest BCUT2D eigenvalue weighted by Crippen LogP contribution is -2.36. The highest BCUT2D eigenvalue weighted by molar-refractivity contribution is 7.89. The van der Waals surface area contributed by atoms with Crippen LogP contribution in [0.4, 0.5) is 0 Å². The Labute approximate surface area is 178 Å². The molecule has 0 saturated carbocycles. The molecule has 6 heteroatoms. The van der Waals surface area contributed by atoms with E-state index in [1.165, 1.54) is 5.56 Å². The quantitative estimate of drug-likeness (QED) is 0.635. The van der Waals surface area contributed by atoms with Gasteiger partial charge in [0.2, 0.25) is 10.0 Å². The molecule has 0 bridgehead atoms. The molecule has 0 spiro atoms. The molecule has 30 heavy (non-hydrogen) atoms. The predicted octanol–water partition coefficient (Wildman–Crippen LogP) is 4.50. The van der Waals surface area contributed by atoms with Crippen molar-refractivity contribution < 1.29 is 13.2 Å². The van der Waals surface area contributed by atoms with Crippen LogP contribution in [0.3, 0.4) is 0 Å². The number of hydrogen-bond donors (Lipinski definition) is 1. The average Bonchev–Trinajstić information content (AvgIpc) is 2.79. The zero-order chi connectivity index (χ0) is 21.0. The van der Waals surface area contributed by atoms with Crippen LogP contribution in [0, 0.1) is 12.8 Å². The number of aromatic nitrogens is 1. The van der Waals surface area contributed by atoms with Crippen LogP contribution in [0.5, 0.6) is 0 Å². The molecule has 1 aliphatic rings. The van der Waals surface area contributed by atoms with Crippen LogP contribution in [0.25, 0.3) is 11.1 Å². The van der Waals surface area contributed by atoms with Gasteiger partial charge in [0, 0.05) is 25.6 Å². The van der Waals surface area contributed by atoms with Gasteiger partial charge in [-0.25, -0.2) is 13.1 Å². The molecule has 5 nitrogen and oxygen atoms in total. The maximum atomic E-state index is 13.2. The van der Waals surface area contributed by atoms with Crippen molar-refractivity contribution in [3.8, 4) is 11.1 Å². The number of aryl methyl sites for hydroxylation is 1. The van der Waals surface area contributed by atoms with Crippen LogP contribution in [0.2, 0.25) is 0 Å². The second-order valence-electron chi connectivity index (χ2n) is 7.73. The van der Waals surface area contributed by atoms with E-state index in [0.29, 0.717) is 13.2 Å². The third-order valence-electron chi connectivity index (χ3n) is 5.58. The number of pyridine rings is 1. The Morgan fingerprint density at radius 2 is 1.77 bits per heavy atom. The van der Waals surface area contributed by atoms with Crippen molar-refractivity contribution in [2.45, 2.75) is 30.7 Å². The number of nitrogens with zero attached hydrogens (tertiary/aromatic N) is 1. The van der Waals surface area contributed by atoms with E-state index in [2.05, 4.69) is 15.8 Å². The summed E-state index contributed by atoms with van der Waals surface area (Å²) < 4.78 is 34.8. The largest absolute Gasteiger partial charge is 0.381 e. The number of benzene rings is 2. The van der Waals surface area contributed by atoms with Crippen molar-refractivity contribution in [1.82, 2.24) is 9.71 Å². The van der Waals surface area contributed by atoms with Gasteiger partial charge >= 0.3 is 0 Å². The van der Waals surface area contributed by atoms with E-state index in [4.69, 9.17) is 4.74 Å². The van der Waals surface area contributed by atoms with Gasteiger partial charge in [-0.2, -0.15) is 0 Å². The summed E-state index contributed by atoms with van der Waals surface area (Å²) in [5.74, 6) is 0.171. The molecule has 0 amide bonds. The molecule has 4 rings (SSSR count). The first-order chi connectivity index (χ1) is 14.5. The van der Waals surface area contributed by atoms with Crippen LogP contribution >= 0.6 is 0 Å². The van der Waals surface area contributed by atoms with Crippen LogP contribution in [-0.2, 0) is 14.8 Å². The Balaban J connectivity index is 1.59. The molecular weight excluding hydrogens is 396 g/mol. The van der Waals surface area contributed by atoms with Gasteiger partial charge in [-0.3, -0.25) is 4.98 Å². The van der Waals surface area contributed by atoms with E-state index in [1.54, 1.807) is 24.5 Å². The zero-order valence-corrected chi connectivity index (χ0v) is 17.8. The molecule has 1 aliphatic heterocycles. The first-order valence-electron chi connectivity index (χ1n) is 10.2. The van der Waals surface area contributed by atoms with E-state index >= 15 is 0 Å². The predicted molar refractivity (Wildman–Crippen MR) is 117 cm³/mol. The van der Waals surface area contributed by atoms with Gasteiger partial charge in [0.05, 0.1) is 10.9 Å². The fourth-order valence-electron chi connectivity index (χ4n) is 3.93. The Hall–Kier alpha value is -2.54. The Morgan fingerprint density at radius 1 is 1.00 bits per heavy atom. The molecule has 1 N–H and O–H groups in total. The number of ether oxygens (including phenoxy) is 1. The number of sulfonamides is 1. The van der Waals surface area contributed by atoms with Crippen molar-refractivity contribution in [3.63, 3.8) is 0 Å².